The first-order valence-electron chi connectivity index (χ1n) is 5.97. The van der Waals surface area contributed by atoms with Gasteiger partial charge < -0.3 is 10.6 Å². The highest BCUT2D eigenvalue weighted by molar-refractivity contribution is 9.10. The third kappa shape index (κ3) is 3.97. The standard InChI is InChI=1S/C13H17BrN2O.ClH/c1-9-8-10(14)5-6-11(9)16-13(17)12-4-2-3-7-15-12;/h5-6,8,12,15H,2-4,7H2,1H3,(H,16,17);1H/t12-;/m0./s1. The van der Waals surface area contributed by atoms with E-state index in [1.165, 1.54) is 6.42 Å². The van der Waals surface area contributed by atoms with E-state index in [4.69, 9.17) is 0 Å². The van der Waals surface area contributed by atoms with Gasteiger partial charge in [-0.1, -0.05) is 22.4 Å². The Kier molecular flexibility index (Phi) is 6.12. The maximum Gasteiger partial charge on any atom is 0.241 e. The Morgan fingerprint density at radius 1 is 1.44 bits per heavy atom. The van der Waals surface area contributed by atoms with Gasteiger partial charge in [0.05, 0.1) is 6.04 Å². The molecule has 100 valence electrons. The first kappa shape index (κ1) is 15.5. The summed E-state index contributed by atoms with van der Waals surface area (Å²) in [5.41, 5.74) is 1.97. The molecule has 2 N–H and O–H groups in total. The number of piperidine rings is 1. The number of carbonyl (C=O) groups is 1. The van der Waals surface area contributed by atoms with Gasteiger partial charge in [-0.15, -0.1) is 12.4 Å². The van der Waals surface area contributed by atoms with Crippen LogP contribution < -0.4 is 10.6 Å². The number of anilines is 1. The van der Waals surface area contributed by atoms with Gasteiger partial charge >= 0.3 is 0 Å². The maximum absolute atomic E-state index is 12.0. The molecule has 0 aromatic heterocycles. The van der Waals surface area contributed by atoms with E-state index in [0.717, 1.165) is 35.1 Å². The Bertz CT molecular complexity index is 419. The van der Waals surface area contributed by atoms with Gasteiger partial charge in [0.1, 0.15) is 0 Å². The molecule has 1 aliphatic heterocycles. The molecule has 1 amide bonds. The number of rotatable bonds is 2. The number of halogens is 2. The Labute approximate surface area is 122 Å². The lowest BCUT2D eigenvalue weighted by Gasteiger charge is -2.23. The Morgan fingerprint density at radius 2 is 2.22 bits per heavy atom. The number of hydrogen-bond donors (Lipinski definition) is 2. The van der Waals surface area contributed by atoms with Crippen molar-refractivity contribution >= 4 is 39.9 Å². The van der Waals surface area contributed by atoms with Gasteiger partial charge in [-0.05, 0) is 50.1 Å². The van der Waals surface area contributed by atoms with Gasteiger partial charge in [-0.25, -0.2) is 0 Å². The predicted octanol–water partition coefficient (Wildman–Crippen LogP) is 3.26. The number of benzene rings is 1. The van der Waals surface area contributed by atoms with E-state index in [2.05, 4.69) is 26.6 Å². The van der Waals surface area contributed by atoms with Crippen LogP contribution in [0.2, 0.25) is 0 Å². The van der Waals surface area contributed by atoms with Crippen molar-refractivity contribution in [3.63, 3.8) is 0 Å². The minimum atomic E-state index is -0.0354. The van der Waals surface area contributed by atoms with Crippen LogP contribution in [0.15, 0.2) is 22.7 Å². The summed E-state index contributed by atoms with van der Waals surface area (Å²) in [4.78, 5) is 12.0. The van der Waals surface area contributed by atoms with Gasteiger partial charge in [0.2, 0.25) is 5.91 Å². The molecule has 3 nitrogen and oxygen atoms in total. The summed E-state index contributed by atoms with van der Waals surface area (Å²) in [6.07, 6.45) is 3.23. The summed E-state index contributed by atoms with van der Waals surface area (Å²) in [5, 5.41) is 6.23. The molecule has 1 atom stereocenters. The molecule has 0 bridgehead atoms. The van der Waals surface area contributed by atoms with Crippen molar-refractivity contribution in [3.05, 3.63) is 28.2 Å². The lowest BCUT2D eigenvalue weighted by Crippen LogP contribution is -2.43. The highest BCUT2D eigenvalue weighted by Gasteiger charge is 2.20. The third-order valence-electron chi connectivity index (χ3n) is 3.07. The summed E-state index contributed by atoms with van der Waals surface area (Å²) in [6.45, 7) is 2.94. The summed E-state index contributed by atoms with van der Waals surface area (Å²) in [5.74, 6) is 0.0788. The molecule has 1 saturated heterocycles. The normalized spacial score (nSPS) is 18.9. The number of amides is 1. The Morgan fingerprint density at radius 3 is 2.83 bits per heavy atom. The molecule has 0 aliphatic carbocycles. The van der Waals surface area contributed by atoms with E-state index in [0.29, 0.717) is 0 Å². The van der Waals surface area contributed by atoms with Crippen molar-refractivity contribution < 1.29 is 4.79 Å². The fourth-order valence-electron chi connectivity index (χ4n) is 2.06. The molecule has 1 aromatic carbocycles. The first-order chi connectivity index (χ1) is 8.16. The smallest absolute Gasteiger partial charge is 0.241 e. The van der Waals surface area contributed by atoms with E-state index in [9.17, 15) is 4.79 Å². The van der Waals surface area contributed by atoms with Crippen molar-refractivity contribution in [2.45, 2.75) is 32.2 Å². The van der Waals surface area contributed by atoms with Gasteiger partial charge in [0.25, 0.3) is 0 Å². The van der Waals surface area contributed by atoms with Crippen LogP contribution in [0.25, 0.3) is 0 Å². The third-order valence-corrected chi connectivity index (χ3v) is 3.57. The topological polar surface area (TPSA) is 41.1 Å². The van der Waals surface area contributed by atoms with E-state index in [1.54, 1.807) is 0 Å². The summed E-state index contributed by atoms with van der Waals surface area (Å²) in [7, 11) is 0. The molecule has 5 heteroatoms. The van der Waals surface area contributed by atoms with E-state index in [-0.39, 0.29) is 24.4 Å². The average molecular weight is 334 g/mol. The van der Waals surface area contributed by atoms with Gasteiger partial charge in [0, 0.05) is 10.2 Å². The lowest BCUT2D eigenvalue weighted by atomic mass is 10.0. The zero-order valence-electron chi connectivity index (χ0n) is 10.3. The van der Waals surface area contributed by atoms with Crippen LogP contribution in [0, 0.1) is 6.92 Å². The van der Waals surface area contributed by atoms with Gasteiger partial charge in [-0.2, -0.15) is 0 Å². The number of aryl methyl sites for hydroxylation is 1. The molecule has 0 spiro atoms. The Balaban J connectivity index is 0.00000162. The molecule has 1 fully saturated rings. The fourth-order valence-corrected chi connectivity index (χ4v) is 2.54. The molecule has 18 heavy (non-hydrogen) atoms. The number of hydrogen-bond acceptors (Lipinski definition) is 2. The van der Waals surface area contributed by atoms with Crippen molar-refractivity contribution in [2.24, 2.45) is 0 Å². The monoisotopic (exact) mass is 332 g/mol. The van der Waals surface area contributed by atoms with Crippen LogP contribution in [0.5, 0.6) is 0 Å². The molecule has 1 aromatic rings. The number of nitrogens with one attached hydrogen (secondary N) is 2. The molecular formula is C13H18BrClN2O. The zero-order valence-corrected chi connectivity index (χ0v) is 12.7. The quantitative estimate of drug-likeness (QED) is 0.872. The molecule has 1 aliphatic rings. The van der Waals surface area contributed by atoms with Crippen LogP contribution in [-0.2, 0) is 4.79 Å². The second-order valence-corrected chi connectivity index (χ2v) is 5.37. The van der Waals surface area contributed by atoms with Crippen LogP contribution in [0.3, 0.4) is 0 Å². The van der Waals surface area contributed by atoms with E-state index >= 15 is 0 Å². The minimum absolute atomic E-state index is 0. The minimum Gasteiger partial charge on any atom is -0.324 e. The molecular weight excluding hydrogens is 316 g/mol. The molecule has 0 radical (unpaired) electrons. The molecule has 1 heterocycles. The number of carbonyl (C=O) groups excluding carboxylic acids is 1. The average Bonchev–Trinajstić information content (AvgIpc) is 2.34. The second kappa shape index (κ2) is 7.12. The zero-order chi connectivity index (χ0) is 12.3. The highest BCUT2D eigenvalue weighted by atomic mass is 79.9. The largest absolute Gasteiger partial charge is 0.324 e. The van der Waals surface area contributed by atoms with Crippen LogP contribution in [0.4, 0.5) is 5.69 Å². The molecule has 0 saturated carbocycles. The van der Waals surface area contributed by atoms with Crippen LogP contribution in [0.1, 0.15) is 24.8 Å². The lowest BCUT2D eigenvalue weighted by molar-refractivity contribution is -0.118. The summed E-state index contributed by atoms with van der Waals surface area (Å²) in [6, 6.07) is 5.84. The van der Waals surface area contributed by atoms with Crippen LogP contribution >= 0.6 is 28.3 Å². The second-order valence-electron chi connectivity index (χ2n) is 4.45. The SMILES string of the molecule is Cc1cc(Br)ccc1NC(=O)[C@@H]1CCCCN1.Cl. The Hall–Kier alpha value is -0.580. The van der Waals surface area contributed by atoms with Gasteiger partial charge in [-0.3, -0.25) is 4.79 Å². The maximum atomic E-state index is 12.0. The van der Waals surface area contributed by atoms with Crippen molar-refractivity contribution in [1.82, 2.24) is 5.32 Å². The highest BCUT2D eigenvalue weighted by Crippen LogP contribution is 2.20. The van der Waals surface area contributed by atoms with Crippen molar-refractivity contribution in [1.29, 1.82) is 0 Å². The summed E-state index contributed by atoms with van der Waals surface area (Å²) < 4.78 is 1.03. The summed E-state index contributed by atoms with van der Waals surface area (Å²) >= 11 is 3.41. The predicted molar refractivity (Wildman–Crippen MR) is 80.4 cm³/mol. The fraction of sp³-hybridized carbons (Fsp3) is 0.462. The van der Waals surface area contributed by atoms with Crippen LogP contribution in [-0.4, -0.2) is 18.5 Å². The van der Waals surface area contributed by atoms with Crippen molar-refractivity contribution in [2.75, 3.05) is 11.9 Å². The van der Waals surface area contributed by atoms with Crippen molar-refractivity contribution in [3.8, 4) is 0 Å². The van der Waals surface area contributed by atoms with Gasteiger partial charge in [0.15, 0.2) is 0 Å². The molecule has 0 unspecified atom stereocenters. The van der Waals surface area contributed by atoms with E-state index in [1.807, 2.05) is 25.1 Å². The van der Waals surface area contributed by atoms with E-state index < -0.39 is 0 Å². The first-order valence-corrected chi connectivity index (χ1v) is 6.76. The molecule has 2 rings (SSSR count).